The van der Waals surface area contributed by atoms with E-state index in [1.54, 1.807) is 12.1 Å². The molecule has 0 spiro atoms. The van der Waals surface area contributed by atoms with Crippen molar-refractivity contribution in [3.05, 3.63) is 84.2 Å². The maximum atomic E-state index is 12.3. The summed E-state index contributed by atoms with van der Waals surface area (Å²) in [5.41, 5.74) is 2.22. The summed E-state index contributed by atoms with van der Waals surface area (Å²) in [7, 11) is -2.63. The van der Waals surface area contributed by atoms with Gasteiger partial charge in [0.15, 0.2) is 24.8 Å². The van der Waals surface area contributed by atoms with Crippen molar-refractivity contribution in [1.29, 1.82) is 0 Å². The molecule has 0 saturated carbocycles. The highest BCUT2D eigenvalue weighted by Crippen LogP contribution is 2.25. The monoisotopic (exact) mass is 419 g/mol. The minimum Gasteiger partial charge on any atom is -0.291 e. The van der Waals surface area contributed by atoms with Crippen LogP contribution in [0.4, 0.5) is 0 Å². The summed E-state index contributed by atoms with van der Waals surface area (Å²) in [6.07, 6.45) is 2.89. The lowest BCUT2D eigenvalue weighted by molar-refractivity contribution is 0.0877. The largest absolute Gasteiger partial charge is 0.698 e. The lowest BCUT2D eigenvalue weighted by atomic mass is 10.1. The number of benzene rings is 2. The van der Waals surface area contributed by atoms with E-state index >= 15 is 0 Å². The number of hydrogen-bond donors (Lipinski definition) is 0. The van der Waals surface area contributed by atoms with Crippen LogP contribution in [0.15, 0.2) is 73.1 Å². The van der Waals surface area contributed by atoms with E-state index in [-0.39, 0.29) is 11.6 Å². The van der Waals surface area contributed by atoms with Gasteiger partial charge in [-0.25, -0.2) is 0 Å². The molecular weight excluding hydrogens is 403 g/mol. The number of fused-ring (bicyclic) bond motifs is 2. The van der Waals surface area contributed by atoms with Gasteiger partial charge in [-0.1, -0.05) is 36.4 Å². The molecule has 148 valence electrons. The molecule has 2 aromatic carbocycles. The van der Waals surface area contributed by atoms with Crippen LogP contribution in [0.5, 0.6) is 0 Å². The Morgan fingerprint density at radius 3 is 1.63 bits per heavy atom. The van der Waals surface area contributed by atoms with Crippen LogP contribution in [0.3, 0.4) is 0 Å². The lowest BCUT2D eigenvalue weighted by Crippen LogP contribution is -2.09. The van der Waals surface area contributed by atoms with Crippen LogP contribution in [-0.4, -0.2) is 34.7 Å². The number of rotatable bonds is 8. The number of carbonyl (C=O) groups excluding carboxylic acids is 2. The maximum Gasteiger partial charge on any atom is 0.698 e. The van der Waals surface area contributed by atoms with E-state index in [4.69, 9.17) is 9.05 Å². The quantitative estimate of drug-likeness (QED) is 0.306. The van der Waals surface area contributed by atoms with E-state index in [1.807, 2.05) is 48.5 Å². The van der Waals surface area contributed by atoms with Crippen LogP contribution in [-0.2, 0) is 13.6 Å². The molecular formula is C22H16N2O5P+. The first-order valence-corrected chi connectivity index (χ1v) is 10.2. The minimum absolute atomic E-state index is 0.343. The first kappa shape index (κ1) is 19.9. The van der Waals surface area contributed by atoms with Crippen molar-refractivity contribution in [3.8, 4) is 0 Å². The molecule has 4 rings (SSSR count). The number of Topliss-reactive ketones (excluding diaryl/α,β-unsaturated/α-hetero) is 2. The molecule has 0 N–H and O–H groups in total. The van der Waals surface area contributed by atoms with Crippen LogP contribution in [0.25, 0.3) is 21.8 Å². The van der Waals surface area contributed by atoms with E-state index in [9.17, 15) is 14.2 Å². The minimum atomic E-state index is -2.63. The highest BCUT2D eigenvalue weighted by Gasteiger charge is 2.25. The Hall–Kier alpha value is -3.38. The molecule has 0 bridgehead atoms. The molecule has 0 aliphatic carbocycles. The molecule has 30 heavy (non-hydrogen) atoms. The normalized spacial score (nSPS) is 10.9. The van der Waals surface area contributed by atoms with Gasteiger partial charge in [-0.2, -0.15) is 0 Å². The number of nitrogens with zero attached hydrogens (tertiary/aromatic N) is 2. The van der Waals surface area contributed by atoms with Gasteiger partial charge in [0, 0.05) is 38.9 Å². The topological polar surface area (TPSA) is 95.5 Å². The van der Waals surface area contributed by atoms with Crippen LogP contribution in [0.2, 0.25) is 0 Å². The average molecular weight is 419 g/mol. The second-order valence-electron chi connectivity index (χ2n) is 6.45. The zero-order valence-corrected chi connectivity index (χ0v) is 16.6. The predicted octanol–water partition coefficient (Wildman–Crippen LogP) is 4.54. The zero-order chi connectivity index (χ0) is 20.9. The van der Waals surface area contributed by atoms with Crippen LogP contribution in [0, 0.1) is 0 Å². The fraction of sp³-hybridized carbons (Fsp3) is 0.0909. The molecule has 8 heteroatoms. The van der Waals surface area contributed by atoms with Gasteiger partial charge in [0.1, 0.15) is 0 Å². The van der Waals surface area contributed by atoms with Gasteiger partial charge >= 0.3 is 8.25 Å². The molecule has 0 radical (unpaired) electrons. The average Bonchev–Trinajstić information content (AvgIpc) is 2.80. The highest BCUT2D eigenvalue weighted by molar-refractivity contribution is 7.33. The van der Waals surface area contributed by atoms with Crippen LogP contribution in [0.1, 0.15) is 20.7 Å². The Labute approximate surface area is 172 Å². The lowest BCUT2D eigenvalue weighted by Gasteiger charge is -2.01. The van der Waals surface area contributed by atoms with Gasteiger partial charge in [0.05, 0.1) is 11.0 Å². The van der Waals surface area contributed by atoms with Crippen molar-refractivity contribution in [2.45, 2.75) is 0 Å². The van der Waals surface area contributed by atoms with Crippen molar-refractivity contribution < 1.29 is 23.2 Å². The Bertz CT molecular complexity index is 1180. The number of para-hydroxylation sites is 2. The predicted molar refractivity (Wildman–Crippen MR) is 112 cm³/mol. The molecule has 0 unspecified atom stereocenters. The first-order valence-electron chi connectivity index (χ1n) is 9.09. The SMILES string of the molecule is O=C(CO[P+](=O)OCC(=O)c1cnc2ccccc2c1)c1cnc2ccccc2c1. The molecule has 0 aliphatic rings. The molecule has 0 atom stereocenters. The van der Waals surface area contributed by atoms with Crippen LogP contribution >= 0.6 is 8.25 Å². The van der Waals surface area contributed by atoms with Gasteiger partial charge in [0.2, 0.25) is 0 Å². The molecule has 7 nitrogen and oxygen atoms in total. The van der Waals surface area contributed by atoms with Crippen molar-refractivity contribution in [2.24, 2.45) is 0 Å². The standard InChI is InChI=1S/C22H16N2O5P/c25-21(17-9-15-5-1-3-7-19(15)23-11-17)13-28-30(27)29-14-22(26)18-10-16-6-2-4-8-20(16)24-12-18/h1-12H,13-14H2/q+1. The van der Waals surface area contributed by atoms with Gasteiger partial charge in [-0.3, -0.25) is 19.6 Å². The van der Waals surface area contributed by atoms with E-state index in [1.165, 1.54) is 12.4 Å². The van der Waals surface area contributed by atoms with Gasteiger partial charge in [-0.05, 0) is 24.3 Å². The summed E-state index contributed by atoms with van der Waals surface area (Å²) in [5, 5.41) is 1.64. The van der Waals surface area contributed by atoms with E-state index < -0.39 is 21.5 Å². The van der Waals surface area contributed by atoms with Gasteiger partial charge in [-0.15, -0.1) is 9.05 Å². The summed E-state index contributed by atoms with van der Waals surface area (Å²) in [4.78, 5) is 32.9. The third kappa shape index (κ3) is 4.60. The summed E-state index contributed by atoms with van der Waals surface area (Å²) in [6, 6.07) is 18.2. The smallest absolute Gasteiger partial charge is 0.291 e. The Balaban J connectivity index is 1.30. The van der Waals surface area contributed by atoms with Crippen LogP contribution < -0.4 is 0 Å². The Morgan fingerprint density at radius 1 is 0.733 bits per heavy atom. The van der Waals surface area contributed by atoms with Crippen molar-refractivity contribution >= 4 is 41.6 Å². The number of hydrogen-bond acceptors (Lipinski definition) is 7. The maximum absolute atomic E-state index is 12.3. The zero-order valence-electron chi connectivity index (χ0n) is 15.7. The van der Waals surface area contributed by atoms with E-state index in [0.29, 0.717) is 11.1 Å². The molecule has 0 aliphatic heterocycles. The molecule has 0 fully saturated rings. The summed E-state index contributed by atoms with van der Waals surface area (Å²) in [6.45, 7) is -0.887. The first-order chi connectivity index (χ1) is 14.6. The number of pyridine rings is 2. The highest BCUT2D eigenvalue weighted by atomic mass is 31.1. The Morgan fingerprint density at radius 2 is 1.17 bits per heavy atom. The second-order valence-corrected chi connectivity index (χ2v) is 7.41. The number of ketones is 2. The number of aromatic nitrogens is 2. The third-order valence-corrected chi connectivity index (χ3v) is 5.11. The second kappa shape index (κ2) is 8.97. The van der Waals surface area contributed by atoms with E-state index in [2.05, 4.69) is 9.97 Å². The summed E-state index contributed by atoms with van der Waals surface area (Å²) >= 11 is 0. The summed E-state index contributed by atoms with van der Waals surface area (Å²) in [5.74, 6) is -0.768. The van der Waals surface area contributed by atoms with Crippen molar-refractivity contribution in [3.63, 3.8) is 0 Å². The Kier molecular flexibility index (Phi) is 5.95. The third-order valence-electron chi connectivity index (χ3n) is 4.43. The molecule has 0 saturated heterocycles. The summed E-state index contributed by atoms with van der Waals surface area (Å²) < 4.78 is 21.8. The van der Waals surface area contributed by atoms with Crippen molar-refractivity contribution in [1.82, 2.24) is 9.97 Å². The van der Waals surface area contributed by atoms with Crippen molar-refractivity contribution in [2.75, 3.05) is 13.2 Å². The molecule has 2 heterocycles. The number of carbonyl (C=O) groups is 2. The van der Waals surface area contributed by atoms with E-state index in [0.717, 1.165) is 21.8 Å². The molecule has 0 amide bonds. The fourth-order valence-corrected chi connectivity index (χ4v) is 3.39. The van der Waals surface area contributed by atoms with Gasteiger partial charge in [0.25, 0.3) is 0 Å². The molecule has 4 aromatic rings. The van der Waals surface area contributed by atoms with Gasteiger partial charge < -0.3 is 0 Å². The fourth-order valence-electron chi connectivity index (χ4n) is 2.87. The molecule has 2 aromatic heterocycles.